The van der Waals surface area contributed by atoms with Gasteiger partial charge in [-0.15, -0.1) is 0 Å². The lowest BCUT2D eigenvalue weighted by Gasteiger charge is -2.07. The molecule has 98 valence electrons. The zero-order valence-corrected chi connectivity index (χ0v) is 10.3. The smallest absolute Gasteiger partial charge is 0.340 e. The lowest BCUT2D eigenvalue weighted by atomic mass is 10.1. The van der Waals surface area contributed by atoms with Crippen LogP contribution in [-0.2, 0) is 19.6 Å². The third-order valence-electron chi connectivity index (χ3n) is 3.11. The molecule has 2 nitrogen and oxygen atoms in total. The summed E-state index contributed by atoms with van der Waals surface area (Å²) >= 11 is 0. The summed E-state index contributed by atoms with van der Waals surface area (Å²) in [6.45, 7) is 0.745. The second-order valence-corrected chi connectivity index (χ2v) is 4.29. The summed E-state index contributed by atoms with van der Waals surface area (Å²) in [6.07, 6.45) is -3.59. The van der Waals surface area contributed by atoms with Crippen molar-refractivity contribution < 1.29 is 13.2 Å². The zero-order chi connectivity index (χ0) is 13.3. The number of likely N-dealkylation sites (N-methyl/N-ethyl adjacent to an activating group) is 1. The number of nitrogens with zero attached hydrogens (tertiary/aromatic N) is 1. The Balaban J connectivity index is 2.57. The van der Waals surface area contributed by atoms with Gasteiger partial charge < -0.3 is 9.88 Å². The van der Waals surface area contributed by atoms with E-state index in [1.807, 2.05) is 13.1 Å². The fourth-order valence-electron chi connectivity index (χ4n) is 2.17. The number of hydrogen-bond donors (Lipinski definition) is 1. The third-order valence-corrected chi connectivity index (χ3v) is 3.11. The second-order valence-electron chi connectivity index (χ2n) is 4.29. The number of aryl methyl sites for hydroxylation is 1. The van der Waals surface area contributed by atoms with E-state index in [9.17, 15) is 13.2 Å². The van der Waals surface area contributed by atoms with E-state index in [1.54, 1.807) is 12.1 Å². The van der Waals surface area contributed by atoms with Crippen molar-refractivity contribution >= 4 is 10.9 Å². The average molecular weight is 256 g/mol. The molecule has 0 fully saturated rings. The minimum Gasteiger partial charge on any atom is -0.340 e. The van der Waals surface area contributed by atoms with Crippen molar-refractivity contribution in [2.24, 2.45) is 7.05 Å². The summed E-state index contributed by atoms with van der Waals surface area (Å²) in [5, 5.41) is 3.69. The Hall–Kier alpha value is -1.49. The van der Waals surface area contributed by atoms with Gasteiger partial charge in [0.25, 0.3) is 0 Å². The second kappa shape index (κ2) is 4.65. The third kappa shape index (κ3) is 2.22. The summed E-state index contributed by atoms with van der Waals surface area (Å²) in [7, 11) is 3.28. The molecule has 0 bridgehead atoms. The minimum absolute atomic E-state index is 0.602. The van der Waals surface area contributed by atoms with E-state index in [2.05, 4.69) is 5.32 Å². The Bertz CT molecular complexity index is 555. The molecule has 0 amide bonds. The lowest BCUT2D eigenvalue weighted by Crippen LogP contribution is -2.10. The molecular weight excluding hydrogens is 241 g/mol. The van der Waals surface area contributed by atoms with Crippen LogP contribution in [0.4, 0.5) is 13.2 Å². The van der Waals surface area contributed by atoms with Crippen molar-refractivity contribution in [2.45, 2.75) is 12.6 Å². The highest BCUT2D eigenvalue weighted by molar-refractivity contribution is 5.85. The molecular formula is C13H15F3N2. The molecule has 1 aromatic carbocycles. The highest BCUT2D eigenvalue weighted by Crippen LogP contribution is 2.34. The van der Waals surface area contributed by atoms with Crippen molar-refractivity contribution in [1.82, 2.24) is 9.88 Å². The van der Waals surface area contributed by atoms with Crippen molar-refractivity contribution in [3.8, 4) is 0 Å². The number of fused-ring (bicyclic) bond motifs is 1. The quantitative estimate of drug-likeness (QED) is 0.893. The van der Waals surface area contributed by atoms with Crippen LogP contribution in [-0.4, -0.2) is 18.2 Å². The summed E-state index contributed by atoms with van der Waals surface area (Å²) in [4.78, 5) is 0. The summed E-state index contributed by atoms with van der Waals surface area (Å²) < 4.78 is 39.7. The highest BCUT2D eigenvalue weighted by Gasteiger charge is 2.34. The Kier molecular flexibility index (Phi) is 3.34. The van der Waals surface area contributed by atoms with Gasteiger partial charge in [0.15, 0.2) is 0 Å². The van der Waals surface area contributed by atoms with E-state index in [4.69, 9.17) is 0 Å². The zero-order valence-electron chi connectivity index (χ0n) is 10.3. The van der Waals surface area contributed by atoms with E-state index >= 15 is 0 Å². The van der Waals surface area contributed by atoms with Gasteiger partial charge in [-0.05, 0) is 37.7 Å². The van der Waals surface area contributed by atoms with E-state index in [0.29, 0.717) is 10.9 Å². The molecule has 0 saturated carbocycles. The Labute approximate surface area is 103 Å². The fraction of sp³-hybridized carbons (Fsp3) is 0.385. The first kappa shape index (κ1) is 13.0. The molecule has 1 N–H and O–H groups in total. The monoisotopic (exact) mass is 256 g/mol. The maximum absolute atomic E-state index is 12.8. The molecule has 1 aromatic heterocycles. The Morgan fingerprint density at radius 1 is 1.28 bits per heavy atom. The molecule has 0 radical (unpaired) electrons. The normalized spacial score (nSPS) is 12.3. The summed E-state index contributed by atoms with van der Waals surface area (Å²) in [5.41, 5.74) is 0.957. The van der Waals surface area contributed by atoms with Gasteiger partial charge in [-0.3, -0.25) is 0 Å². The van der Waals surface area contributed by atoms with Crippen molar-refractivity contribution in [1.29, 1.82) is 0 Å². The first-order chi connectivity index (χ1) is 8.45. The maximum Gasteiger partial charge on any atom is 0.431 e. The van der Waals surface area contributed by atoms with Crippen LogP contribution in [0, 0.1) is 0 Å². The van der Waals surface area contributed by atoms with Crippen LogP contribution in [0.25, 0.3) is 10.9 Å². The predicted octanol–water partition coefficient (Wildman–Crippen LogP) is 2.96. The van der Waals surface area contributed by atoms with Gasteiger partial charge >= 0.3 is 6.18 Å². The molecule has 0 atom stereocenters. The van der Waals surface area contributed by atoms with Crippen LogP contribution < -0.4 is 5.32 Å². The number of aromatic nitrogens is 1. The number of rotatable bonds is 3. The van der Waals surface area contributed by atoms with Gasteiger partial charge in [-0.25, -0.2) is 0 Å². The first-order valence-electron chi connectivity index (χ1n) is 5.74. The number of nitrogens with one attached hydrogen (secondary N) is 1. The van der Waals surface area contributed by atoms with Gasteiger partial charge in [0.05, 0.1) is 0 Å². The number of alkyl halides is 3. The van der Waals surface area contributed by atoms with E-state index in [1.165, 1.54) is 17.7 Å². The van der Waals surface area contributed by atoms with Crippen molar-refractivity contribution in [3.63, 3.8) is 0 Å². The molecule has 0 unspecified atom stereocenters. The average Bonchev–Trinajstić information content (AvgIpc) is 2.65. The van der Waals surface area contributed by atoms with Crippen LogP contribution in [0.5, 0.6) is 0 Å². The molecule has 0 aliphatic carbocycles. The van der Waals surface area contributed by atoms with Crippen molar-refractivity contribution in [3.05, 3.63) is 35.5 Å². The van der Waals surface area contributed by atoms with Crippen LogP contribution >= 0.6 is 0 Å². The molecule has 2 rings (SSSR count). The molecule has 0 saturated heterocycles. The topological polar surface area (TPSA) is 17.0 Å². The predicted molar refractivity (Wildman–Crippen MR) is 65.6 cm³/mol. The largest absolute Gasteiger partial charge is 0.431 e. The maximum atomic E-state index is 12.8. The van der Waals surface area contributed by atoms with E-state index < -0.39 is 11.9 Å². The standard InChI is InChI=1S/C13H15F3N2/c1-17-7-6-9-4-3-5-11-10(9)8-12(18(11)2)13(14,15)16/h3-5,8,17H,6-7H2,1-2H3. The summed E-state index contributed by atoms with van der Waals surface area (Å²) in [6, 6.07) is 6.63. The van der Waals surface area contributed by atoms with Crippen LogP contribution in [0.1, 0.15) is 11.3 Å². The first-order valence-corrected chi connectivity index (χ1v) is 5.74. The number of benzene rings is 1. The Morgan fingerprint density at radius 2 is 2.00 bits per heavy atom. The highest BCUT2D eigenvalue weighted by atomic mass is 19.4. The lowest BCUT2D eigenvalue weighted by molar-refractivity contribution is -0.142. The molecule has 5 heteroatoms. The van der Waals surface area contributed by atoms with Gasteiger partial charge in [0.2, 0.25) is 0 Å². The van der Waals surface area contributed by atoms with Crippen LogP contribution in [0.15, 0.2) is 24.3 Å². The van der Waals surface area contributed by atoms with Gasteiger partial charge in [-0.2, -0.15) is 13.2 Å². The molecule has 1 heterocycles. The molecule has 0 aliphatic rings. The Morgan fingerprint density at radius 3 is 2.61 bits per heavy atom. The molecule has 18 heavy (non-hydrogen) atoms. The van der Waals surface area contributed by atoms with Crippen LogP contribution in [0.3, 0.4) is 0 Å². The van der Waals surface area contributed by atoms with Gasteiger partial charge in [0, 0.05) is 18.0 Å². The van der Waals surface area contributed by atoms with E-state index in [0.717, 1.165) is 18.5 Å². The minimum atomic E-state index is -4.31. The van der Waals surface area contributed by atoms with E-state index in [-0.39, 0.29) is 0 Å². The van der Waals surface area contributed by atoms with Crippen LogP contribution in [0.2, 0.25) is 0 Å². The summed E-state index contributed by atoms with van der Waals surface area (Å²) in [5.74, 6) is 0. The van der Waals surface area contributed by atoms with Gasteiger partial charge in [-0.1, -0.05) is 12.1 Å². The number of halogens is 3. The number of hydrogen-bond acceptors (Lipinski definition) is 1. The molecule has 2 aromatic rings. The van der Waals surface area contributed by atoms with Gasteiger partial charge in [0.1, 0.15) is 5.69 Å². The SMILES string of the molecule is CNCCc1cccc2c1cc(C(F)(F)F)n2C. The fourth-order valence-corrected chi connectivity index (χ4v) is 2.17. The van der Waals surface area contributed by atoms with Crippen molar-refractivity contribution in [2.75, 3.05) is 13.6 Å². The molecule has 0 spiro atoms. The molecule has 0 aliphatic heterocycles.